The summed E-state index contributed by atoms with van der Waals surface area (Å²) in [5, 5.41) is 8.77. The molecular weight excluding hydrogens is 417 g/mol. The number of amides is 1. The molecule has 29 heavy (non-hydrogen) atoms. The van der Waals surface area contributed by atoms with E-state index in [9.17, 15) is 17.6 Å². The Bertz CT molecular complexity index is 1300. The van der Waals surface area contributed by atoms with E-state index in [1.54, 1.807) is 12.1 Å². The van der Waals surface area contributed by atoms with Gasteiger partial charge in [0.15, 0.2) is 0 Å². The number of fused-ring (bicyclic) bond motifs is 1. The molecule has 1 amide bonds. The number of sulfonamides is 1. The first-order chi connectivity index (χ1) is 13.8. The zero-order valence-corrected chi connectivity index (χ0v) is 16.6. The lowest BCUT2D eigenvalue weighted by Crippen LogP contribution is -2.14. The summed E-state index contributed by atoms with van der Waals surface area (Å²) < 4.78 is 41.7. The Kier molecular flexibility index (Phi) is 4.76. The van der Waals surface area contributed by atoms with Gasteiger partial charge < -0.3 is 5.32 Å². The predicted molar refractivity (Wildman–Crippen MR) is 108 cm³/mol. The molecule has 8 nitrogen and oxygen atoms in total. The van der Waals surface area contributed by atoms with Crippen molar-refractivity contribution < 1.29 is 17.6 Å². The maximum Gasteiger partial charge on any atom is 0.264 e. The summed E-state index contributed by atoms with van der Waals surface area (Å²) in [5.74, 6) is -0.777. The van der Waals surface area contributed by atoms with Crippen LogP contribution in [0, 0.1) is 5.82 Å². The highest BCUT2D eigenvalue weighted by Crippen LogP contribution is 2.27. The van der Waals surface area contributed by atoms with Gasteiger partial charge in [-0.3, -0.25) is 4.79 Å². The van der Waals surface area contributed by atoms with Crippen LogP contribution in [0.25, 0.3) is 16.2 Å². The van der Waals surface area contributed by atoms with Crippen molar-refractivity contribution in [2.75, 3.05) is 10.0 Å². The van der Waals surface area contributed by atoms with Crippen LogP contribution in [0.3, 0.4) is 0 Å². The minimum absolute atomic E-state index is 0.0858. The number of benzene rings is 2. The van der Waals surface area contributed by atoms with Crippen molar-refractivity contribution in [1.82, 2.24) is 14.6 Å². The maximum atomic E-state index is 13.0. The topological polar surface area (TPSA) is 105 Å². The molecule has 0 radical (unpaired) electrons. The molecular formula is C18H14FN5O3S2. The van der Waals surface area contributed by atoms with E-state index in [-0.39, 0.29) is 16.8 Å². The van der Waals surface area contributed by atoms with E-state index >= 15 is 0 Å². The molecule has 0 bridgehead atoms. The number of anilines is 2. The van der Waals surface area contributed by atoms with E-state index < -0.39 is 15.8 Å². The summed E-state index contributed by atoms with van der Waals surface area (Å²) in [7, 11) is -3.94. The van der Waals surface area contributed by atoms with Crippen LogP contribution in [0.15, 0.2) is 58.8 Å². The number of rotatable bonds is 5. The Balaban J connectivity index is 1.62. The Morgan fingerprint density at radius 1 is 1.10 bits per heavy atom. The van der Waals surface area contributed by atoms with E-state index in [0.29, 0.717) is 10.6 Å². The maximum absolute atomic E-state index is 13.0. The SMILES string of the molecule is CC(=O)Nc1ccc(-c2csc3nc(NS(=O)(=O)c4ccc(F)cc4)nn23)cc1. The molecule has 4 aromatic rings. The Morgan fingerprint density at radius 3 is 2.45 bits per heavy atom. The molecule has 0 unspecified atom stereocenters. The lowest BCUT2D eigenvalue weighted by Gasteiger charge is -2.04. The second kappa shape index (κ2) is 7.26. The Morgan fingerprint density at radius 2 is 1.79 bits per heavy atom. The van der Waals surface area contributed by atoms with Crippen molar-refractivity contribution >= 4 is 43.9 Å². The number of nitrogens with zero attached hydrogens (tertiary/aromatic N) is 3. The van der Waals surface area contributed by atoms with Crippen LogP contribution in [0.1, 0.15) is 6.92 Å². The molecule has 148 valence electrons. The molecule has 0 aliphatic rings. The second-order valence-electron chi connectivity index (χ2n) is 6.07. The Hall–Kier alpha value is -3.31. The normalized spacial score (nSPS) is 11.5. The van der Waals surface area contributed by atoms with Crippen LogP contribution in [0.5, 0.6) is 0 Å². The van der Waals surface area contributed by atoms with Crippen LogP contribution in [-0.4, -0.2) is 28.9 Å². The molecule has 0 saturated carbocycles. The smallest absolute Gasteiger partial charge is 0.264 e. The van der Waals surface area contributed by atoms with Gasteiger partial charge in [-0.05, 0) is 36.4 Å². The monoisotopic (exact) mass is 431 g/mol. The minimum Gasteiger partial charge on any atom is -0.326 e. The number of carbonyl (C=O) groups excluding carboxylic acids is 1. The fraction of sp³-hybridized carbons (Fsp3) is 0.0556. The summed E-state index contributed by atoms with van der Waals surface area (Å²) in [6, 6.07) is 11.6. The van der Waals surface area contributed by atoms with Gasteiger partial charge in [0.1, 0.15) is 5.82 Å². The van der Waals surface area contributed by atoms with Gasteiger partial charge in [0.25, 0.3) is 16.0 Å². The molecule has 0 saturated heterocycles. The van der Waals surface area contributed by atoms with Crippen LogP contribution < -0.4 is 10.0 Å². The fourth-order valence-electron chi connectivity index (χ4n) is 2.64. The molecule has 0 atom stereocenters. The summed E-state index contributed by atoms with van der Waals surface area (Å²) in [6.45, 7) is 1.43. The van der Waals surface area contributed by atoms with Crippen molar-refractivity contribution in [3.8, 4) is 11.3 Å². The first-order valence-electron chi connectivity index (χ1n) is 8.32. The second-order valence-corrected chi connectivity index (χ2v) is 8.59. The number of thiazole rings is 1. The van der Waals surface area contributed by atoms with Crippen molar-refractivity contribution in [3.05, 3.63) is 59.7 Å². The average Bonchev–Trinajstić information content (AvgIpc) is 3.22. The number of nitrogens with one attached hydrogen (secondary N) is 2. The van der Waals surface area contributed by atoms with Gasteiger partial charge in [0.2, 0.25) is 10.9 Å². The molecule has 0 spiro atoms. The Labute approximate surface area is 169 Å². The van der Waals surface area contributed by atoms with E-state index in [0.717, 1.165) is 35.5 Å². The van der Waals surface area contributed by atoms with Crippen molar-refractivity contribution in [3.63, 3.8) is 0 Å². The number of carbonyl (C=O) groups is 1. The van der Waals surface area contributed by atoms with Crippen LogP contribution in [0.4, 0.5) is 16.0 Å². The highest BCUT2D eigenvalue weighted by atomic mass is 32.2. The molecule has 2 heterocycles. The molecule has 0 aliphatic heterocycles. The van der Waals surface area contributed by atoms with Crippen LogP contribution >= 0.6 is 11.3 Å². The van der Waals surface area contributed by atoms with E-state index in [4.69, 9.17) is 0 Å². The highest BCUT2D eigenvalue weighted by molar-refractivity contribution is 7.92. The third-order valence-corrected chi connectivity index (χ3v) is 6.09. The molecule has 2 aromatic heterocycles. The molecule has 11 heteroatoms. The zero-order chi connectivity index (χ0) is 20.6. The predicted octanol–water partition coefficient (Wildman–Crippen LogP) is 3.36. The van der Waals surface area contributed by atoms with E-state index in [1.807, 2.05) is 17.5 Å². The van der Waals surface area contributed by atoms with Crippen molar-refractivity contribution in [1.29, 1.82) is 0 Å². The van der Waals surface area contributed by atoms with E-state index in [2.05, 4.69) is 20.1 Å². The number of halogens is 1. The van der Waals surface area contributed by atoms with Crippen molar-refractivity contribution in [2.24, 2.45) is 0 Å². The van der Waals surface area contributed by atoms with Gasteiger partial charge in [-0.25, -0.2) is 22.0 Å². The summed E-state index contributed by atoms with van der Waals surface area (Å²) >= 11 is 1.30. The van der Waals surface area contributed by atoms with E-state index in [1.165, 1.54) is 22.8 Å². The number of hydrogen-bond donors (Lipinski definition) is 2. The third kappa shape index (κ3) is 3.96. The summed E-state index contributed by atoms with van der Waals surface area (Å²) in [5.41, 5.74) is 2.21. The number of aromatic nitrogens is 3. The highest BCUT2D eigenvalue weighted by Gasteiger charge is 2.19. The van der Waals surface area contributed by atoms with Gasteiger partial charge in [-0.15, -0.1) is 16.4 Å². The average molecular weight is 431 g/mol. The fourth-order valence-corrected chi connectivity index (χ4v) is 4.41. The summed E-state index contributed by atoms with van der Waals surface area (Å²) in [4.78, 5) is 15.7. The van der Waals surface area contributed by atoms with Gasteiger partial charge in [0, 0.05) is 23.6 Å². The largest absolute Gasteiger partial charge is 0.326 e. The molecule has 0 fully saturated rings. The quantitative estimate of drug-likeness (QED) is 0.504. The molecule has 2 N–H and O–H groups in total. The molecule has 2 aromatic carbocycles. The molecule has 0 aliphatic carbocycles. The molecule has 4 rings (SSSR count). The van der Waals surface area contributed by atoms with Gasteiger partial charge >= 0.3 is 0 Å². The third-order valence-electron chi connectivity index (χ3n) is 3.93. The number of hydrogen-bond acceptors (Lipinski definition) is 6. The summed E-state index contributed by atoms with van der Waals surface area (Å²) in [6.07, 6.45) is 0. The van der Waals surface area contributed by atoms with Crippen molar-refractivity contribution in [2.45, 2.75) is 11.8 Å². The zero-order valence-electron chi connectivity index (χ0n) is 15.0. The lowest BCUT2D eigenvalue weighted by atomic mass is 10.1. The minimum atomic E-state index is -3.94. The first kappa shape index (κ1) is 19.0. The van der Waals surface area contributed by atoms with Gasteiger partial charge in [0.05, 0.1) is 10.6 Å². The van der Waals surface area contributed by atoms with Crippen LogP contribution in [-0.2, 0) is 14.8 Å². The standard InChI is InChI=1S/C18H14FN5O3S2/c1-11(25)20-14-6-2-12(3-7-14)16-10-28-18-21-17(22-24(16)18)23-29(26,27)15-8-4-13(19)5-9-15/h2-10H,1H3,(H,20,25)(H,22,23). The lowest BCUT2D eigenvalue weighted by molar-refractivity contribution is -0.114. The van der Waals surface area contributed by atoms with Gasteiger partial charge in [-0.1, -0.05) is 12.1 Å². The first-order valence-corrected chi connectivity index (χ1v) is 10.7. The van der Waals surface area contributed by atoms with Gasteiger partial charge in [-0.2, -0.15) is 4.98 Å². The van der Waals surface area contributed by atoms with Crippen LogP contribution in [0.2, 0.25) is 0 Å².